The molecule has 0 amide bonds. The molecule has 1 aliphatic rings. The van der Waals surface area contributed by atoms with E-state index in [-0.39, 0.29) is 5.76 Å². The predicted molar refractivity (Wildman–Crippen MR) is 64.4 cm³/mol. The first-order valence-corrected chi connectivity index (χ1v) is 6.74. The summed E-state index contributed by atoms with van der Waals surface area (Å²) in [5.41, 5.74) is 0.960. The summed E-state index contributed by atoms with van der Waals surface area (Å²) in [5, 5.41) is 1.01. The largest absolute Gasteiger partial charge is 0.486 e. The van der Waals surface area contributed by atoms with Crippen LogP contribution in [-0.4, -0.2) is 14.6 Å². The molecule has 4 nitrogen and oxygen atoms in total. The second-order valence-electron chi connectivity index (χ2n) is 3.18. The molecule has 0 radical (unpaired) electrons. The van der Waals surface area contributed by atoms with Gasteiger partial charge in [-0.1, -0.05) is 28.1 Å². The summed E-state index contributed by atoms with van der Waals surface area (Å²) in [4.78, 5) is 0. The van der Waals surface area contributed by atoms with Crippen LogP contribution >= 0.6 is 15.9 Å². The van der Waals surface area contributed by atoms with E-state index in [9.17, 15) is 8.42 Å². The molecule has 0 N–H and O–H groups in total. The minimum atomic E-state index is -3.43. The van der Waals surface area contributed by atoms with Crippen LogP contribution in [0.4, 0.5) is 0 Å². The van der Waals surface area contributed by atoms with Gasteiger partial charge in [0.2, 0.25) is 0 Å². The van der Waals surface area contributed by atoms with E-state index >= 15 is 0 Å². The maximum atomic E-state index is 10.9. The van der Waals surface area contributed by atoms with Crippen LogP contribution in [0, 0.1) is 0 Å². The number of nitrogens with zero attached hydrogens (tertiary/aromatic N) is 1. The Labute approximate surface area is 102 Å². The predicted octanol–water partition coefficient (Wildman–Crippen LogP) is 2.22. The molecule has 1 aromatic rings. The average molecular weight is 302 g/mol. The van der Waals surface area contributed by atoms with Crippen molar-refractivity contribution in [3.8, 4) is 0 Å². The standard InChI is InChI=1S/C10H8BrNO3S/c11-9-3-1-8(2-4-9)6-15-10-5-12-16(13,14)7-10/h1-5,7H,6H2. The Morgan fingerprint density at radius 2 is 1.94 bits per heavy atom. The van der Waals surface area contributed by atoms with Gasteiger partial charge in [-0.2, -0.15) is 12.8 Å². The molecule has 0 aliphatic carbocycles. The lowest BCUT2D eigenvalue weighted by molar-refractivity contribution is 0.220. The van der Waals surface area contributed by atoms with Crippen LogP contribution in [0.3, 0.4) is 0 Å². The zero-order chi connectivity index (χ0) is 11.6. The third-order valence-electron chi connectivity index (χ3n) is 1.91. The molecule has 0 aromatic heterocycles. The summed E-state index contributed by atoms with van der Waals surface area (Å²) in [6.45, 7) is 0.320. The van der Waals surface area contributed by atoms with Gasteiger partial charge in [0.05, 0.1) is 11.6 Å². The fourth-order valence-electron chi connectivity index (χ4n) is 1.15. The summed E-state index contributed by atoms with van der Waals surface area (Å²) >= 11 is 3.33. The number of halogens is 1. The smallest absolute Gasteiger partial charge is 0.279 e. The highest BCUT2D eigenvalue weighted by Crippen LogP contribution is 2.14. The first kappa shape index (κ1) is 11.3. The van der Waals surface area contributed by atoms with Gasteiger partial charge >= 0.3 is 0 Å². The molecular weight excluding hydrogens is 294 g/mol. The van der Waals surface area contributed by atoms with Crippen LogP contribution < -0.4 is 0 Å². The Bertz CT molecular complexity index is 546. The van der Waals surface area contributed by atoms with E-state index in [2.05, 4.69) is 20.3 Å². The van der Waals surface area contributed by atoms with E-state index in [1.807, 2.05) is 24.3 Å². The van der Waals surface area contributed by atoms with Crippen molar-refractivity contribution in [3.05, 3.63) is 45.5 Å². The van der Waals surface area contributed by atoms with Crippen molar-refractivity contribution in [2.45, 2.75) is 6.61 Å². The summed E-state index contributed by atoms with van der Waals surface area (Å²) in [6.07, 6.45) is 1.20. The van der Waals surface area contributed by atoms with Crippen molar-refractivity contribution in [3.63, 3.8) is 0 Å². The summed E-state index contributed by atoms with van der Waals surface area (Å²) < 4.78 is 31.4. The fraction of sp³-hybridized carbons (Fsp3) is 0.100. The zero-order valence-electron chi connectivity index (χ0n) is 8.13. The summed E-state index contributed by atoms with van der Waals surface area (Å²) in [5.74, 6) is 0.267. The monoisotopic (exact) mass is 301 g/mol. The van der Waals surface area contributed by atoms with Gasteiger partial charge in [-0.05, 0) is 17.7 Å². The number of sulfonamides is 1. The van der Waals surface area contributed by atoms with Crippen molar-refractivity contribution in [1.82, 2.24) is 0 Å². The van der Waals surface area contributed by atoms with Gasteiger partial charge in [0.1, 0.15) is 6.61 Å². The highest BCUT2D eigenvalue weighted by molar-refractivity contribution is 9.10. The molecular formula is C10H8BrNO3S. The molecule has 1 aliphatic heterocycles. The van der Waals surface area contributed by atoms with E-state index < -0.39 is 10.0 Å². The van der Waals surface area contributed by atoms with Crippen LogP contribution in [-0.2, 0) is 21.4 Å². The highest BCUT2D eigenvalue weighted by Gasteiger charge is 2.13. The maximum Gasteiger partial charge on any atom is 0.279 e. The Hall–Kier alpha value is -1.14. The lowest BCUT2D eigenvalue weighted by atomic mass is 10.2. The Morgan fingerprint density at radius 3 is 2.50 bits per heavy atom. The van der Waals surface area contributed by atoms with E-state index in [0.717, 1.165) is 15.4 Å². The normalized spacial score (nSPS) is 17.2. The molecule has 0 bridgehead atoms. The fourth-order valence-corrected chi connectivity index (χ4v) is 2.15. The Morgan fingerprint density at radius 1 is 1.25 bits per heavy atom. The second-order valence-corrected chi connectivity index (χ2v) is 5.58. The van der Waals surface area contributed by atoms with Crippen LogP contribution in [0.1, 0.15) is 5.56 Å². The van der Waals surface area contributed by atoms with Crippen molar-refractivity contribution in [1.29, 1.82) is 0 Å². The van der Waals surface area contributed by atoms with Crippen LogP contribution in [0.5, 0.6) is 0 Å². The third-order valence-corrected chi connectivity index (χ3v) is 3.37. The second kappa shape index (κ2) is 4.39. The quantitative estimate of drug-likeness (QED) is 0.860. The molecule has 84 valence electrons. The van der Waals surface area contributed by atoms with E-state index in [4.69, 9.17) is 4.74 Å². The third kappa shape index (κ3) is 2.93. The molecule has 16 heavy (non-hydrogen) atoms. The first-order valence-electron chi connectivity index (χ1n) is 4.44. The molecule has 0 saturated heterocycles. The highest BCUT2D eigenvalue weighted by atomic mass is 79.9. The molecule has 1 heterocycles. The van der Waals surface area contributed by atoms with Crippen LogP contribution in [0.15, 0.2) is 44.3 Å². The van der Waals surface area contributed by atoms with Crippen molar-refractivity contribution in [2.75, 3.05) is 0 Å². The molecule has 6 heteroatoms. The Balaban J connectivity index is 1.99. The lowest BCUT2D eigenvalue weighted by Gasteiger charge is -2.03. The number of hydrogen-bond acceptors (Lipinski definition) is 3. The van der Waals surface area contributed by atoms with Gasteiger partial charge in [0.25, 0.3) is 10.0 Å². The van der Waals surface area contributed by atoms with Gasteiger partial charge in [0.15, 0.2) is 5.76 Å². The van der Waals surface area contributed by atoms with E-state index in [0.29, 0.717) is 6.61 Å². The minimum Gasteiger partial charge on any atom is -0.486 e. The maximum absolute atomic E-state index is 10.9. The van der Waals surface area contributed by atoms with Gasteiger partial charge in [-0.25, -0.2) is 0 Å². The van der Waals surface area contributed by atoms with Crippen molar-refractivity contribution >= 4 is 32.2 Å². The zero-order valence-corrected chi connectivity index (χ0v) is 10.5. The molecule has 0 fully saturated rings. The van der Waals surface area contributed by atoms with Gasteiger partial charge in [-0.15, -0.1) is 0 Å². The molecule has 0 unspecified atom stereocenters. The molecule has 1 aromatic carbocycles. The van der Waals surface area contributed by atoms with Gasteiger partial charge < -0.3 is 4.74 Å². The van der Waals surface area contributed by atoms with E-state index in [1.165, 1.54) is 6.21 Å². The summed E-state index contributed by atoms with van der Waals surface area (Å²) in [6, 6.07) is 7.58. The van der Waals surface area contributed by atoms with Crippen LogP contribution in [0.2, 0.25) is 0 Å². The number of hydrogen-bond donors (Lipinski definition) is 0. The van der Waals surface area contributed by atoms with E-state index in [1.54, 1.807) is 0 Å². The Kier molecular flexibility index (Phi) is 3.11. The molecule has 0 atom stereocenters. The topological polar surface area (TPSA) is 55.7 Å². The average Bonchev–Trinajstić information content (AvgIpc) is 2.58. The SMILES string of the molecule is O=S1(=O)C=C(OCc2ccc(Br)cc2)C=N1. The lowest BCUT2D eigenvalue weighted by Crippen LogP contribution is -1.93. The van der Waals surface area contributed by atoms with Gasteiger partial charge in [-0.3, -0.25) is 0 Å². The first-order chi connectivity index (χ1) is 7.55. The van der Waals surface area contributed by atoms with Crippen LogP contribution in [0.25, 0.3) is 0 Å². The molecule has 0 spiro atoms. The molecule has 0 saturated carbocycles. The number of benzene rings is 1. The number of ether oxygens (including phenoxy) is 1. The number of allylic oxidation sites excluding steroid dienone is 1. The van der Waals surface area contributed by atoms with Crippen molar-refractivity contribution in [2.24, 2.45) is 4.40 Å². The molecule has 2 rings (SSSR count). The van der Waals surface area contributed by atoms with Crippen molar-refractivity contribution < 1.29 is 13.2 Å². The van der Waals surface area contributed by atoms with Gasteiger partial charge in [0, 0.05) is 4.47 Å². The summed E-state index contributed by atoms with van der Waals surface area (Å²) in [7, 11) is -3.43. The minimum absolute atomic E-state index is 0.267. The number of rotatable bonds is 3.